The van der Waals surface area contributed by atoms with Crippen molar-refractivity contribution >= 4 is 14.3 Å². The molecule has 0 spiro atoms. The van der Waals surface area contributed by atoms with Crippen molar-refractivity contribution in [1.29, 1.82) is 0 Å². The highest BCUT2D eigenvalue weighted by Crippen LogP contribution is 2.37. The molecule has 1 fully saturated rings. The molecule has 2 N–H and O–H groups in total. The number of aliphatic hydroxyl groups is 2. The van der Waals surface area contributed by atoms with E-state index in [1.165, 1.54) is 14.0 Å². The minimum absolute atomic E-state index is 0.0159. The lowest BCUT2D eigenvalue weighted by Gasteiger charge is -2.43. The van der Waals surface area contributed by atoms with Crippen molar-refractivity contribution in [1.82, 2.24) is 0 Å². The van der Waals surface area contributed by atoms with E-state index in [0.717, 1.165) is 0 Å². The third kappa shape index (κ3) is 4.98. The van der Waals surface area contributed by atoms with Gasteiger partial charge in [0, 0.05) is 14.0 Å². The van der Waals surface area contributed by atoms with Gasteiger partial charge in [-0.2, -0.15) is 0 Å². The molecule has 0 aromatic heterocycles. The van der Waals surface area contributed by atoms with Crippen LogP contribution in [0.15, 0.2) is 0 Å². The van der Waals surface area contributed by atoms with Gasteiger partial charge in [-0.1, -0.05) is 20.8 Å². The molecule has 136 valence electrons. The Morgan fingerprint density at radius 2 is 1.78 bits per heavy atom. The fraction of sp³-hybridized carbons (Fsp3) is 0.933. The second-order valence-electron chi connectivity index (χ2n) is 7.41. The highest BCUT2D eigenvalue weighted by molar-refractivity contribution is 6.74. The Morgan fingerprint density at radius 1 is 1.22 bits per heavy atom. The van der Waals surface area contributed by atoms with E-state index in [9.17, 15) is 15.0 Å². The highest BCUT2D eigenvalue weighted by atomic mass is 28.4. The Bertz CT molecular complexity index is 407. The zero-order chi connectivity index (χ0) is 18.0. The van der Waals surface area contributed by atoms with Gasteiger partial charge in [-0.3, -0.25) is 4.79 Å². The first-order valence-corrected chi connectivity index (χ1v) is 10.7. The molecule has 0 aromatic rings. The lowest BCUT2D eigenvalue weighted by molar-refractivity contribution is -0.296. The van der Waals surface area contributed by atoms with Gasteiger partial charge in [-0.15, -0.1) is 0 Å². The van der Waals surface area contributed by atoms with Crippen LogP contribution in [0.2, 0.25) is 18.1 Å². The molecule has 8 heteroatoms. The number of hydrogen-bond acceptors (Lipinski definition) is 7. The van der Waals surface area contributed by atoms with Crippen LogP contribution < -0.4 is 0 Å². The predicted molar refractivity (Wildman–Crippen MR) is 86.4 cm³/mol. The first-order valence-electron chi connectivity index (χ1n) is 7.76. The first-order chi connectivity index (χ1) is 10.4. The minimum atomic E-state index is -2.02. The number of rotatable bonds is 5. The maximum absolute atomic E-state index is 11.2. The summed E-state index contributed by atoms with van der Waals surface area (Å²) in [5, 5.41) is 20.5. The van der Waals surface area contributed by atoms with Crippen molar-refractivity contribution in [3.63, 3.8) is 0 Å². The van der Waals surface area contributed by atoms with Crippen LogP contribution in [0.5, 0.6) is 0 Å². The summed E-state index contributed by atoms with van der Waals surface area (Å²) in [7, 11) is -0.647. The van der Waals surface area contributed by atoms with Gasteiger partial charge in [-0.25, -0.2) is 0 Å². The second-order valence-corrected chi connectivity index (χ2v) is 12.2. The number of methoxy groups -OCH3 is 1. The maximum Gasteiger partial charge on any atom is 0.303 e. The summed E-state index contributed by atoms with van der Waals surface area (Å²) >= 11 is 0. The number of carbonyl (C=O) groups is 1. The van der Waals surface area contributed by atoms with Gasteiger partial charge >= 0.3 is 5.97 Å². The largest absolute Gasteiger partial charge is 0.457 e. The van der Waals surface area contributed by atoms with Gasteiger partial charge in [0.1, 0.15) is 18.3 Å². The lowest BCUT2D eigenvalue weighted by atomic mass is 9.99. The number of ether oxygens (including phenoxy) is 3. The van der Waals surface area contributed by atoms with Crippen molar-refractivity contribution in [2.45, 2.75) is 76.5 Å². The fourth-order valence-corrected chi connectivity index (χ4v) is 3.09. The minimum Gasteiger partial charge on any atom is -0.457 e. The van der Waals surface area contributed by atoms with Crippen LogP contribution in [0.3, 0.4) is 0 Å². The molecular formula is C15H30O7Si. The third-order valence-corrected chi connectivity index (χ3v) is 9.09. The van der Waals surface area contributed by atoms with E-state index in [2.05, 4.69) is 33.9 Å². The molecule has 0 bridgehead atoms. The van der Waals surface area contributed by atoms with E-state index in [0.29, 0.717) is 0 Å². The van der Waals surface area contributed by atoms with Crippen molar-refractivity contribution in [2.75, 3.05) is 13.7 Å². The van der Waals surface area contributed by atoms with Gasteiger partial charge in [0.25, 0.3) is 0 Å². The SMILES string of the molecule is CO[C@@H]1O[C@H](CO[Si](C)(C)C(C)(C)C)[C@H](O)[C@H](OC(C)=O)[C@H]1O. The molecular weight excluding hydrogens is 320 g/mol. The Kier molecular flexibility index (Phi) is 6.77. The smallest absolute Gasteiger partial charge is 0.303 e. The molecule has 1 heterocycles. The van der Waals surface area contributed by atoms with Gasteiger partial charge in [0.15, 0.2) is 20.7 Å². The summed E-state index contributed by atoms with van der Waals surface area (Å²) in [5.74, 6) is -0.589. The number of carbonyl (C=O) groups excluding carboxylic acids is 1. The van der Waals surface area contributed by atoms with Gasteiger partial charge < -0.3 is 28.8 Å². The Hall–Kier alpha value is -0.513. The average molecular weight is 350 g/mol. The molecule has 0 aromatic carbocycles. The van der Waals surface area contributed by atoms with Gasteiger partial charge in [0.2, 0.25) is 0 Å². The standard InChI is InChI=1S/C15H30O7Si/c1-9(16)21-13-11(17)10(22-14(19-5)12(13)18)8-20-23(6,7)15(2,3)4/h10-14,17-18H,8H2,1-7H3/t10-,11+,12-,13+,14-/m1/s1. The molecule has 0 radical (unpaired) electrons. The number of hydrogen-bond donors (Lipinski definition) is 2. The Balaban J connectivity index is 2.83. The quantitative estimate of drug-likeness (QED) is 0.565. The first kappa shape index (κ1) is 20.5. The second kappa shape index (κ2) is 7.58. The van der Waals surface area contributed by atoms with Crippen LogP contribution >= 0.6 is 0 Å². The average Bonchev–Trinajstić information content (AvgIpc) is 2.41. The zero-order valence-corrected chi connectivity index (χ0v) is 16.0. The van der Waals surface area contributed by atoms with E-state index in [1.807, 2.05) is 0 Å². The van der Waals surface area contributed by atoms with Crippen LogP contribution in [0.25, 0.3) is 0 Å². The monoisotopic (exact) mass is 350 g/mol. The molecule has 23 heavy (non-hydrogen) atoms. The van der Waals surface area contributed by atoms with E-state index in [1.54, 1.807) is 0 Å². The van der Waals surface area contributed by atoms with E-state index >= 15 is 0 Å². The molecule has 1 aliphatic heterocycles. The fourth-order valence-electron chi connectivity index (χ4n) is 2.07. The molecule has 1 rings (SSSR count). The maximum atomic E-state index is 11.2. The van der Waals surface area contributed by atoms with Crippen LogP contribution in [0.4, 0.5) is 0 Å². The summed E-state index contributed by atoms with van der Waals surface area (Å²) in [6, 6.07) is 0. The molecule has 0 aliphatic carbocycles. The van der Waals surface area contributed by atoms with E-state index in [4.69, 9.17) is 18.6 Å². The lowest BCUT2D eigenvalue weighted by Crippen LogP contribution is -2.61. The molecule has 7 nitrogen and oxygen atoms in total. The number of aliphatic hydroxyl groups excluding tert-OH is 2. The topological polar surface area (TPSA) is 94.5 Å². The van der Waals surface area contributed by atoms with Crippen molar-refractivity contribution in [2.24, 2.45) is 0 Å². The zero-order valence-electron chi connectivity index (χ0n) is 15.0. The van der Waals surface area contributed by atoms with Crippen LogP contribution in [0.1, 0.15) is 27.7 Å². The summed E-state index contributed by atoms with van der Waals surface area (Å²) in [6.07, 6.45) is -5.30. The van der Waals surface area contributed by atoms with Gasteiger partial charge in [0.05, 0.1) is 6.61 Å². The summed E-state index contributed by atoms with van der Waals surface area (Å²) in [4.78, 5) is 11.2. The van der Waals surface area contributed by atoms with Gasteiger partial charge in [-0.05, 0) is 18.1 Å². The van der Waals surface area contributed by atoms with Crippen LogP contribution in [-0.4, -0.2) is 68.9 Å². The molecule has 0 unspecified atom stereocenters. The normalized spacial score (nSPS) is 32.7. The van der Waals surface area contributed by atoms with Crippen molar-refractivity contribution in [3.8, 4) is 0 Å². The molecule has 0 amide bonds. The predicted octanol–water partition coefficient (Wildman–Crippen LogP) is 1.03. The van der Waals surface area contributed by atoms with E-state index < -0.39 is 45.0 Å². The summed E-state index contributed by atoms with van der Waals surface area (Å²) in [5.41, 5.74) is 0. The molecule has 5 atom stereocenters. The molecule has 1 aliphatic rings. The van der Waals surface area contributed by atoms with Crippen LogP contribution in [0, 0.1) is 0 Å². The van der Waals surface area contributed by atoms with Crippen molar-refractivity contribution in [3.05, 3.63) is 0 Å². The Morgan fingerprint density at radius 3 is 2.22 bits per heavy atom. The molecule has 1 saturated heterocycles. The number of esters is 1. The summed E-state index contributed by atoms with van der Waals surface area (Å²) in [6.45, 7) is 11.9. The summed E-state index contributed by atoms with van der Waals surface area (Å²) < 4.78 is 21.7. The van der Waals surface area contributed by atoms with E-state index in [-0.39, 0.29) is 11.6 Å². The third-order valence-electron chi connectivity index (χ3n) is 4.59. The Labute approximate surface area is 139 Å². The van der Waals surface area contributed by atoms with Crippen molar-refractivity contribution < 1.29 is 33.6 Å². The highest BCUT2D eigenvalue weighted by Gasteiger charge is 2.48. The molecule has 0 saturated carbocycles. The van der Waals surface area contributed by atoms with Crippen LogP contribution in [-0.2, 0) is 23.4 Å².